The van der Waals surface area contributed by atoms with Crippen molar-refractivity contribution in [1.29, 1.82) is 0 Å². The van der Waals surface area contributed by atoms with Gasteiger partial charge in [0.2, 0.25) is 0 Å². The minimum Gasteiger partial charge on any atom is -0.377 e. The average Bonchev–Trinajstić information content (AvgIpc) is 2.54. The van der Waals surface area contributed by atoms with Gasteiger partial charge in [-0.1, -0.05) is 41.9 Å². The van der Waals surface area contributed by atoms with E-state index in [1.54, 1.807) is 0 Å². The summed E-state index contributed by atoms with van der Waals surface area (Å²) < 4.78 is 5.42. The summed E-state index contributed by atoms with van der Waals surface area (Å²) in [4.78, 5) is 12.2. The normalized spacial score (nSPS) is 11.8. The molecule has 23 heavy (non-hydrogen) atoms. The first kappa shape index (κ1) is 17.3. The summed E-state index contributed by atoms with van der Waals surface area (Å²) in [6.07, 6.45) is 0. The molecular formula is C18H21ClN2O2. The van der Waals surface area contributed by atoms with E-state index in [2.05, 4.69) is 10.6 Å². The lowest BCUT2D eigenvalue weighted by Gasteiger charge is -2.16. The number of hydrogen-bond donors (Lipinski definition) is 2. The number of urea groups is 1. The van der Waals surface area contributed by atoms with Crippen LogP contribution in [0.3, 0.4) is 0 Å². The van der Waals surface area contributed by atoms with E-state index in [0.717, 1.165) is 16.8 Å². The third kappa shape index (κ3) is 5.27. The van der Waals surface area contributed by atoms with Crippen LogP contribution in [0.1, 0.15) is 31.0 Å². The summed E-state index contributed by atoms with van der Waals surface area (Å²) in [5.74, 6) is 0. The van der Waals surface area contributed by atoms with Crippen LogP contribution in [0, 0.1) is 0 Å². The Bertz CT molecular complexity index is 644. The topological polar surface area (TPSA) is 50.4 Å². The van der Waals surface area contributed by atoms with Gasteiger partial charge in [-0.15, -0.1) is 0 Å². The first-order valence-electron chi connectivity index (χ1n) is 7.58. The molecule has 0 radical (unpaired) electrons. The molecule has 0 fully saturated rings. The lowest BCUT2D eigenvalue weighted by molar-refractivity contribution is 0.134. The highest BCUT2D eigenvalue weighted by Gasteiger charge is 2.11. The van der Waals surface area contributed by atoms with Crippen LogP contribution in [-0.4, -0.2) is 12.6 Å². The van der Waals surface area contributed by atoms with Gasteiger partial charge in [-0.05, 0) is 37.6 Å². The maximum atomic E-state index is 12.2. The summed E-state index contributed by atoms with van der Waals surface area (Å²) in [7, 11) is 0. The van der Waals surface area contributed by atoms with Gasteiger partial charge in [0.1, 0.15) is 0 Å². The summed E-state index contributed by atoms with van der Waals surface area (Å²) in [5, 5.41) is 6.47. The minimum absolute atomic E-state index is 0.119. The van der Waals surface area contributed by atoms with Crippen LogP contribution in [0.15, 0.2) is 48.5 Å². The highest BCUT2D eigenvalue weighted by molar-refractivity contribution is 6.30. The fourth-order valence-corrected chi connectivity index (χ4v) is 2.30. The number of hydrogen-bond acceptors (Lipinski definition) is 2. The second kappa shape index (κ2) is 8.56. The van der Waals surface area contributed by atoms with Crippen LogP contribution in [-0.2, 0) is 11.3 Å². The molecule has 0 spiro atoms. The Balaban J connectivity index is 1.98. The van der Waals surface area contributed by atoms with Crippen molar-refractivity contribution in [2.24, 2.45) is 0 Å². The molecule has 0 saturated carbocycles. The Morgan fingerprint density at radius 3 is 2.57 bits per heavy atom. The zero-order valence-corrected chi connectivity index (χ0v) is 14.1. The van der Waals surface area contributed by atoms with Crippen molar-refractivity contribution >= 4 is 23.3 Å². The molecule has 2 aromatic rings. The van der Waals surface area contributed by atoms with Crippen molar-refractivity contribution in [2.75, 3.05) is 11.9 Å². The van der Waals surface area contributed by atoms with E-state index in [9.17, 15) is 4.79 Å². The SMILES string of the molecule is CCOCc1ccccc1NC(=O)NC(C)c1ccc(Cl)cc1. The molecule has 5 heteroatoms. The van der Waals surface area contributed by atoms with Gasteiger partial charge < -0.3 is 15.4 Å². The molecular weight excluding hydrogens is 312 g/mol. The maximum absolute atomic E-state index is 12.2. The third-order valence-electron chi connectivity index (χ3n) is 3.44. The maximum Gasteiger partial charge on any atom is 0.319 e. The number of anilines is 1. The second-order valence-corrected chi connectivity index (χ2v) is 5.60. The smallest absolute Gasteiger partial charge is 0.319 e. The van der Waals surface area contributed by atoms with Gasteiger partial charge in [0.25, 0.3) is 0 Å². The Kier molecular flexibility index (Phi) is 6.44. The molecule has 2 amide bonds. The second-order valence-electron chi connectivity index (χ2n) is 5.17. The molecule has 2 N–H and O–H groups in total. The van der Waals surface area contributed by atoms with E-state index in [4.69, 9.17) is 16.3 Å². The van der Waals surface area contributed by atoms with Gasteiger partial charge in [0.05, 0.1) is 12.6 Å². The number of rotatable bonds is 6. The van der Waals surface area contributed by atoms with Crippen molar-refractivity contribution in [2.45, 2.75) is 26.5 Å². The summed E-state index contributed by atoms with van der Waals surface area (Å²) >= 11 is 5.88. The van der Waals surface area contributed by atoms with Crippen LogP contribution in [0.2, 0.25) is 5.02 Å². The summed E-state index contributed by atoms with van der Waals surface area (Å²) in [5.41, 5.74) is 2.69. The largest absolute Gasteiger partial charge is 0.377 e. The van der Waals surface area contributed by atoms with Crippen molar-refractivity contribution < 1.29 is 9.53 Å². The number of ether oxygens (including phenoxy) is 1. The van der Waals surface area contributed by atoms with E-state index in [1.807, 2.05) is 62.4 Å². The molecule has 122 valence electrons. The van der Waals surface area contributed by atoms with Gasteiger partial charge in [-0.25, -0.2) is 4.79 Å². The van der Waals surface area contributed by atoms with Crippen LogP contribution in [0.4, 0.5) is 10.5 Å². The van der Waals surface area contributed by atoms with E-state index in [1.165, 1.54) is 0 Å². The fraction of sp³-hybridized carbons (Fsp3) is 0.278. The lowest BCUT2D eigenvalue weighted by Crippen LogP contribution is -2.31. The molecule has 1 atom stereocenters. The van der Waals surface area contributed by atoms with Gasteiger partial charge in [-0.3, -0.25) is 0 Å². The number of carbonyl (C=O) groups is 1. The van der Waals surface area contributed by atoms with E-state index >= 15 is 0 Å². The van der Waals surface area contributed by atoms with Crippen molar-refractivity contribution in [1.82, 2.24) is 5.32 Å². The Morgan fingerprint density at radius 1 is 1.17 bits per heavy atom. The van der Waals surface area contributed by atoms with Crippen LogP contribution in [0.25, 0.3) is 0 Å². The zero-order valence-electron chi connectivity index (χ0n) is 13.3. The molecule has 0 aliphatic heterocycles. The molecule has 0 aliphatic carbocycles. The summed E-state index contributed by atoms with van der Waals surface area (Å²) in [6.45, 7) is 4.97. The van der Waals surface area contributed by atoms with Crippen molar-refractivity contribution in [3.8, 4) is 0 Å². The predicted octanol–water partition coefficient (Wildman–Crippen LogP) is 4.76. The fourth-order valence-electron chi connectivity index (χ4n) is 2.17. The Hall–Kier alpha value is -2.04. The Labute approximate surface area is 141 Å². The number of para-hydroxylation sites is 1. The molecule has 0 heterocycles. The average molecular weight is 333 g/mol. The lowest BCUT2D eigenvalue weighted by atomic mass is 10.1. The van der Waals surface area contributed by atoms with Crippen molar-refractivity contribution in [3.63, 3.8) is 0 Å². The molecule has 0 bridgehead atoms. The van der Waals surface area contributed by atoms with Gasteiger partial charge >= 0.3 is 6.03 Å². The van der Waals surface area contributed by atoms with E-state index in [-0.39, 0.29) is 12.1 Å². The monoisotopic (exact) mass is 332 g/mol. The van der Waals surface area contributed by atoms with Gasteiger partial charge in [-0.2, -0.15) is 0 Å². The number of carbonyl (C=O) groups excluding carboxylic acids is 1. The zero-order chi connectivity index (χ0) is 16.7. The highest BCUT2D eigenvalue weighted by Crippen LogP contribution is 2.18. The minimum atomic E-state index is -0.253. The summed E-state index contributed by atoms with van der Waals surface area (Å²) in [6, 6.07) is 14.7. The first-order valence-corrected chi connectivity index (χ1v) is 7.96. The molecule has 0 saturated heterocycles. The molecule has 4 nitrogen and oxygen atoms in total. The van der Waals surface area contributed by atoms with Crippen LogP contribution in [0.5, 0.6) is 0 Å². The number of amides is 2. The molecule has 2 rings (SSSR count). The molecule has 2 aromatic carbocycles. The number of benzene rings is 2. The molecule has 0 aromatic heterocycles. The number of halogens is 1. The molecule has 0 aliphatic rings. The quantitative estimate of drug-likeness (QED) is 0.801. The van der Waals surface area contributed by atoms with E-state index < -0.39 is 0 Å². The number of nitrogens with one attached hydrogen (secondary N) is 2. The predicted molar refractivity (Wildman–Crippen MR) is 93.8 cm³/mol. The van der Waals surface area contributed by atoms with E-state index in [0.29, 0.717) is 18.2 Å². The van der Waals surface area contributed by atoms with Crippen molar-refractivity contribution in [3.05, 3.63) is 64.7 Å². The third-order valence-corrected chi connectivity index (χ3v) is 3.70. The Morgan fingerprint density at radius 2 is 1.87 bits per heavy atom. The van der Waals surface area contributed by atoms with Gasteiger partial charge in [0, 0.05) is 22.9 Å². The van der Waals surface area contributed by atoms with Gasteiger partial charge in [0.15, 0.2) is 0 Å². The molecule has 1 unspecified atom stereocenters. The van der Waals surface area contributed by atoms with Crippen LogP contribution >= 0.6 is 11.6 Å². The first-order chi connectivity index (χ1) is 11.1. The standard InChI is InChI=1S/C18H21ClN2O2/c1-3-23-12-15-6-4-5-7-17(15)21-18(22)20-13(2)14-8-10-16(19)11-9-14/h4-11,13H,3,12H2,1-2H3,(H2,20,21,22). The van der Waals surface area contributed by atoms with Crippen LogP contribution < -0.4 is 10.6 Å². The highest BCUT2D eigenvalue weighted by atomic mass is 35.5.